The predicted octanol–water partition coefficient (Wildman–Crippen LogP) is 3.61. The van der Waals surface area contributed by atoms with Gasteiger partial charge < -0.3 is 10.1 Å². The maximum atomic E-state index is 11.9. The van der Waals surface area contributed by atoms with Crippen LogP contribution in [0.1, 0.15) is 25.3 Å². The molecule has 0 atom stereocenters. The van der Waals surface area contributed by atoms with E-state index in [-0.39, 0.29) is 24.7 Å². The quantitative estimate of drug-likeness (QED) is 0.574. The van der Waals surface area contributed by atoms with Crippen molar-refractivity contribution in [2.45, 2.75) is 19.8 Å². The summed E-state index contributed by atoms with van der Waals surface area (Å²) >= 11 is 5.97. The Kier molecular flexibility index (Phi) is 7.17. The van der Waals surface area contributed by atoms with E-state index in [1.807, 2.05) is 24.3 Å². The number of benzene rings is 2. The molecule has 2 rings (SSSR count). The molecule has 2 amide bonds. The number of halogens is 1. The molecule has 0 aliphatic rings. The standard InChI is InChI=1S/C19H20ClN3O3/c1-13(14-7-9-15(26-2)10-8-14)22-23-19(25)12-11-18(24)21-17-6-4-3-5-16(17)20/h3-10H,11-12H2,1-2H3,(H,21,24)(H,23,25). The topological polar surface area (TPSA) is 79.8 Å². The van der Waals surface area contributed by atoms with Crippen LogP contribution >= 0.6 is 11.6 Å². The van der Waals surface area contributed by atoms with Crippen LogP contribution in [0.4, 0.5) is 5.69 Å². The maximum Gasteiger partial charge on any atom is 0.240 e. The molecule has 0 bridgehead atoms. The highest BCUT2D eigenvalue weighted by atomic mass is 35.5. The zero-order valence-electron chi connectivity index (χ0n) is 14.6. The summed E-state index contributed by atoms with van der Waals surface area (Å²) in [6.45, 7) is 1.78. The highest BCUT2D eigenvalue weighted by molar-refractivity contribution is 6.33. The molecule has 0 aromatic heterocycles. The molecule has 0 saturated heterocycles. The van der Waals surface area contributed by atoms with Crippen LogP contribution in [-0.2, 0) is 9.59 Å². The third-order valence-corrected chi connectivity index (χ3v) is 3.91. The summed E-state index contributed by atoms with van der Waals surface area (Å²) in [5.74, 6) is 0.117. The van der Waals surface area contributed by atoms with Gasteiger partial charge in [-0.1, -0.05) is 23.7 Å². The molecule has 0 aliphatic carbocycles. The number of nitrogens with zero attached hydrogens (tertiary/aromatic N) is 1. The lowest BCUT2D eigenvalue weighted by atomic mass is 10.1. The molecule has 26 heavy (non-hydrogen) atoms. The first-order valence-corrected chi connectivity index (χ1v) is 8.39. The molecule has 0 radical (unpaired) electrons. The fraction of sp³-hybridized carbons (Fsp3) is 0.211. The summed E-state index contributed by atoms with van der Waals surface area (Å²) in [5.41, 5.74) is 4.49. The van der Waals surface area contributed by atoms with E-state index >= 15 is 0 Å². The minimum atomic E-state index is -0.341. The van der Waals surface area contributed by atoms with Crippen molar-refractivity contribution in [2.75, 3.05) is 12.4 Å². The van der Waals surface area contributed by atoms with Crippen molar-refractivity contribution in [2.24, 2.45) is 5.10 Å². The Morgan fingerprint density at radius 3 is 2.35 bits per heavy atom. The van der Waals surface area contributed by atoms with Crippen LogP contribution in [0.2, 0.25) is 5.02 Å². The molecule has 2 N–H and O–H groups in total. The second kappa shape index (κ2) is 9.58. The average Bonchev–Trinajstić information content (AvgIpc) is 2.66. The number of ether oxygens (including phenoxy) is 1. The molecule has 7 heteroatoms. The first kappa shape index (κ1) is 19.5. The summed E-state index contributed by atoms with van der Waals surface area (Å²) in [7, 11) is 1.60. The van der Waals surface area contributed by atoms with Gasteiger partial charge >= 0.3 is 0 Å². The number of hydrazone groups is 1. The van der Waals surface area contributed by atoms with Crippen molar-refractivity contribution < 1.29 is 14.3 Å². The van der Waals surface area contributed by atoms with Gasteiger partial charge in [0.05, 0.1) is 23.5 Å². The molecule has 136 valence electrons. The van der Waals surface area contributed by atoms with Crippen LogP contribution in [-0.4, -0.2) is 24.6 Å². The zero-order chi connectivity index (χ0) is 18.9. The second-order valence-corrected chi connectivity index (χ2v) is 5.90. The van der Waals surface area contributed by atoms with Gasteiger partial charge in [-0.2, -0.15) is 5.10 Å². The fourth-order valence-corrected chi connectivity index (χ4v) is 2.28. The monoisotopic (exact) mass is 373 g/mol. The van der Waals surface area contributed by atoms with Crippen molar-refractivity contribution in [1.82, 2.24) is 5.43 Å². The minimum absolute atomic E-state index is 0.0235. The Labute approximate surface area is 157 Å². The third-order valence-electron chi connectivity index (χ3n) is 3.58. The van der Waals surface area contributed by atoms with Gasteiger partial charge in [-0.15, -0.1) is 0 Å². The highest BCUT2D eigenvalue weighted by Crippen LogP contribution is 2.20. The molecular weight excluding hydrogens is 354 g/mol. The van der Waals surface area contributed by atoms with Crippen molar-refractivity contribution in [3.05, 3.63) is 59.1 Å². The van der Waals surface area contributed by atoms with E-state index in [2.05, 4.69) is 15.8 Å². The van der Waals surface area contributed by atoms with Crippen molar-refractivity contribution in [3.63, 3.8) is 0 Å². The molecule has 2 aromatic rings. The molecule has 0 heterocycles. The summed E-state index contributed by atoms with van der Waals surface area (Å²) in [5, 5.41) is 7.17. The number of amides is 2. The molecule has 2 aromatic carbocycles. The number of para-hydroxylation sites is 1. The number of methoxy groups -OCH3 is 1. The SMILES string of the molecule is COc1ccc(C(C)=NNC(=O)CCC(=O)Nc2ccccc2Cl)cc1. The summed E-state index contributed by atoms with van der Waals surface area (Å²) < 4.78 is 5.10. The first-order chi connectivity index (χ1) is 12.5. The third kappa shape index (κ3) is 5.89. The van der Waals surface area contributed by atoms with Crippen LogP contribution in [0.25, 0.3) is 0 Å². The first-order valence-electron chi connectivity index (χ1n) is 8.01. The predicted molar refractivity (Wildman–Crippen MR) is 103 cm³/mol. The van der Waals surface area contributed by atoms with Gasteiger partial charge in [-0.05, 0) is 48.9 Å². The van der Waals surface area contributed by atoms with Gasteiger partial charge in [0.15, 0.2) is 0 Å². The van der Waals surface area contributed by atoms with E-state index in [4.69, 9.17) is 16.3 Å². The van der Waals surface area contributed by atoms with Gasteiger partial charge in [-0.25, -0.2) is 5.43 Å². The van der Waals surface area contributed by atoms with Crippen LogP contribution in [0, 0.1) is 0 Å². The van der Waals surface area contributed by atoms with E-state index in [1.165, 1.54) is 0 Å². The van der Waals surface area contributed by atoms with Crippen molar-refractivity contribution >= 4 is 34.8 Å². The highest BCUT2D eigenvalue weighted by Gasteiger charge is 2.09. The van der Waals surface area contributed by atoms with Crippen molar-refractivity contribution in [3.8, 4) is 5.75 Å². The van der Waals surface area contributed by atoms with Gasteiger partial charge in [0, 0.05) is 12.8 Å². The Balaban J connectivity index is 1.80. The zero-order valence-corrected chi connectivity index (χ0v) is 15.3. The Hall–Kier alpha value is -2.86. The number of rotatable bonds is 7. The number of nitrogens with one attached hydrogen (secondary N) is 2. The number of hydrogen-bond acceptors (Lipinski definition) is 4. The Morgan fingerprint density at radius 2 is 1.69 bits per heavy atom. The molecule has 6 nitrogen and oxygen atoms in total. The smallest absolute Gasteiger partial charge is 0.240 e. The van der Waals surface area contributed by atoms with E-state index < -0.39 is 0 Å². The maximum absolute atomic E-state index is 11.9. The van der Waals surface area contributed by atoms with E-state index in [0.29, 0.717) is 16.4 Å². The van der Waals surface area contributed by atoms with Crippen LogP contribution in [0.3, 0.4) is 0 Å². The van der Waals surface area contributed by atoms with Crippen LogP contribution in [0.5, 0.6) is 5.75 Å². The van der Waals surface area contributed by atoms with Gasteiger partial charge in [-0.3, -0.25) is 9.59 Å². The lowest BCUT2D eigenvalue weighted by molar-refractivity contribution is -0.124. The number of hydrogen-bond donors (Lipinski definition) is 2. The van der Waals surface area contributed by atoms with Crippen LogP contribution in [0.15, 0.2) is 53.6 Å². The molecular formula is C19H20ClN3O3. The van der Waals surface area contributed by atoms with Gasteiger partial charge in [0.25, 0.3) is 0 Å². The summed E-state index contributed by atoms with van der Waals surface area (Å²) in [4.78, 5) is 23.8. The lowest BCUT2D eigenvalue weighted by Crippen LogP contribution is -2.21. The van der Waals surface area contributed by atoms with E-state index in [9.17, 15) is 9.59 Å². The fourth-order valence-electron chi connectivity index (χ4n) is 2.10. The Bertz CT molecular complexity index is 804. The van der Waals surface area contributed by atoms with Gasteiger partial charge in [0.2, 0.25) is 11.8 Å². The minimum Gasteiger partial charge on any atom is -0.497 e. The molecule has 0 aliphatic heterocycles. The van der Waals surface area contributed by atoms with E-state index in [0.717, 1.165) is 11.3 Å². The average molecular weight is 374 g/mol. The molecule has 0 fully saturated rings. The number of anilines is 1. The largest absolute Gasteiger partial charge is 0.497 e. The molecule has 0 spiro atoms. The number of carbonyl (C=O) groups is 2. The Morgan fingerprint density at radius 1 is 1.04 bits per heavy atom. The molecule has 0 saturated carbocycles. The lowest BCUT2D eigenvalue weighted by Gasteiger charge is -2.07. The molecule has 0 unspecified atom stereocenters. The second-order valence-electron chi connectivity index (χ2n) is 5.49. The summed E-state index contributed by atoms with van der Waals surface area (Å²) in [6.07, 6.45) is 0.0594. The van der Waals surface area contributed by atoms with Gasteiger partial charge in [0.1, 0.15) is 5.75 Å². The summed E-state index contributed by atoms with van der Waals surface area (Å²) in [6, 6.07) is 14.2. The van der Waals surface area contributed by atoms with E-state index in [1.54, 1.807) is 38.3 Å². The van der Waals surface area contributed by atoms with Crippen molar-refractivity contribution in [1.29, 1.82) is 0 Å². The normalized spacial score (nSPS) is 11.0. The number of carbonyl (C=O) groups excluding carboxylic acids is 2. The van der Waals surface area contributed by atoms with Crippen LogP contribution < -0.4 is 15.5 Å².